The van der Waals surface area contributed by atoms with Gasteiger partial charge in [0.2, 0.25) is 0 Å². The Kier molecular flexibility index (Phi) is 15.3. The molecule has 2 rings (SSSR count). The molecule has 0 aliphatic rings. The van der Waals surface area contributed by atoms with Gasteiger partial charge in [-0.15, -0.1) is 0 Å². The van der Waals surface area contributed by atoms with Crippen molar-refractivity contribution in [1.29, 1.82) is 5.26 Å². The fourth-order valence-corrected chi connectivity index (χ4v) is 2.82. The lowest BCUT2D eigenvalue weighted by molar-refractivity contribution is -0.137. The van der Waals surface area contributed by atoms with E-state index in [2.05, 4.69) is 0 Å². The standard InChI is InChI=1S/C11H12F3NO2.C11H12N2O2.2CHF3O3S/c1-15(2,3)9-5-4-7(10(16)17)6-8(9)11(12,13)14;1-13(2,3)10-5-4-8(11(14)15)6-9(10)7-12;2*2-1(3,4)8(5,6)7/h4-6H,1-3H3;4-6H,1-3H3;2*(H,5,6,7). The smallest absolute Gasteiger partial charge is 0.485 e. The summed E-state index contributed by atoms with van der Waals surface area (Å²) in [4.78, 5) is 21.4. The molecule has 0 aromatic heterocycles. The van der Waals surface area contributed by atoms with E-state index in [9.17, 15) is 49.1 Å². The lowest BCUT2D eigenvalue weighted by Crippen LogP contribution is -2.37. The normalized spacial score (nSPS) is 12.5. The summed E-state index contributed by atoms with van der Waals surface area (Å²) in [6.45, 7) is 0. The SMILES string of the molecule is C[N+](C)(C)c1ccc(C(=O)O)cc1C#N.C[N+](C)(C)c1ccc(C(=O)O)cc1C(F)(F)F.O=S(=O)([O-])C(F)(F)F.O=S(=O)([O-])C(F)(F)F. The van der Waals surface area contributed by atoms with E-state index < -0.39 is 54.9 Å². The van der Waals surface area contributed by atoms with Crippen molar-refractivity contribution < 1.29 is 85.3 Å². The van der Waals surface area contributed by atoms with Crippen LogP contribution in [0, 0.1) is 11.3 Å². The molecule has 0 saturated carbocycles. The van der Waals surface area contributed by atoms with Gasteiger partial charge in [-0.25, -0.2) is 26.4 Å². The maximum Gasteiger partial charge on any atom is 0.485 e. The van der Waals surface area contributed by atoms with E-state index in [4.69, 9.17) is 41.4 Å². The average molecular weight is 752 g/mol. The van der Waals surface area contributed by atoms with Crippen LogP contribution in [0.25, 0.3) is 0 Å². The fraction of sp³-hybridized carbons (Fsp3) is 0.375. The molecular weight excluding hydrogens is 725 g/mol. The van der Waals surface area contributed by atoms with Gasteiger partial charge in [0.05, 0.1) is 53.4 Å². The predicted molar refractivity (Wildman–Crippen MR) is 147 cm³/mol. The summed E-state index contributed by atoms with van der Waals surface area (Å²) in [6.07, 6.45) is -4.56. The van der Waals surface area contributed by atoms with Crippen LogP contribution in [0.5, 0.6) is 0 Å². The van der Waals surface area contributed by atoms with Crippen molar-refractivity contribution in [1.82, 2.24) is 8.97 Å². The maximum atomic E-state index is 12.8. The Morgan fingerprint density at radius 3 is 1.19 bits per heavy atom. The Bertz CT molecular complexity index is 1680. The minimum absolute atomic E-state index is 0.0301. The predicted octanol–water partition coefficient (Wildman–Crippen LogP) is 4.16. The molecule has 0 aliphatic carbocycles. The number of nitriles is 1. The summed E-state index contributed by atoms with van der Waals surface area (Å²) in [6, 6.07) is 9.67. The third kappa shape index (κ3) is 15.3. The van der Waals surface area contributed by atoms with Crippen LogP contribution in [0.4, 0.5) is 50.9 Å². The highest BCUT2D eigenvalue weighted by atomic mass is 32.2. The first-order valence-corrected chi connectivity index (χ1v) is 14.6. The van der Waals surface area contributed by atoms with E-state index in [1.165, 1.54) is 24.3 Å². The summed E-state index contributed by atoms with van der Waals surface area (Å²) in [5, 5.41) is 26.4. The third-order valence-electron chi connectivity index (χ3n) is 4.93. The Morgan fingerprint density at radius 1 is 0.667 bits per heavy atom. The Morgan fingerprint density at radius 2 is 0.958 bits per heavy atom. The maximum absolute atomic E-state index is 12.8. The van der Waals surface area contributed by atoms with Gasteiger partial charge >= 0.3 is 29.1 Å². The first-order chi connectivity index (χ1) is 20.9. The molecule has 0 atom stereocenters. The second kappa shape index (κ2) is 15.9. The number of halogens is 9. The van der Waals surface area contributed by atoms with Gasteiger partial charge in [0.1, 0.15) is 28.6 Å². The van der Waals surface area contributed by atoms with Crippen molar-refractivity contribution in [3.8, 4) is 6.07 Å². The number of nitrogens with zero attached hydrogens (tertiary/aromatic N) is 3. The van der Waals surface area contributed by atoms with Gasteiger partial charge in [-0.05, 0) is 24.3 Å². The average Bonchev–Trinajstić information content (AvgIpc) is 2.85. The van der Waals surface area contributed by atoms with Gasteiger partial charge in [0, 0.05) is 12.1 Å². The van der Waals surface area contributed by atoms with Gasteiger partial charge in [-0.2, -0.15) is 44.8 Å². The molecule has 0 saturated heterocycles. The van der Waals surface area contributed by atoms with Crippen LogP contribution in [-0.4, -0.2) is 101 Å². The number of carbonyl (C=O) groups is 2. The molecule has 0 unspecified atom stereocenters. The number of alkyl halides is 9. The van der Waals surface area contributed by atoms with E-state index in [1.54, 1.807) is 27.2 Å². The molecular formula is C24H26F9N3O10S2. The van der Waals surface area contributed by atoms with Crippen LogP contribution in [0.3, 0.4) is 0 Å². The van der Waals surface area contributed by atoms with E-state index in [0.717, 1.165) is 5.69 Å². The van der Waals surface area contributed by atoms with Crippen LogP contribution < -0.4 is 8.97 Å². The van der Waals surface area contributed by atoms with Crippen molar-refractivity contribution in [2.75, 3.05) is 42.3 Å². The number of carboxylic acids is 2. The zero-order chi connectivity index (χ0) is 39.1. The van der Waals surface area contributed by atoms with Gasteiger partial charge in [-0.3, -0.25) is 8.97 Å². The molecule has 272 valence electrons. The Labute approximate surface area is 267 Å². The van der Waals surface area contributed by atoms with E-state index >= 15 is 0 Å². The molecule has 48 heavy (non-hydrogen) atoms. The van der Waals surface area contributed by atoms with Gasteiger partial charge in [0.25, 0.3) is 0 Å². The summed E-state index contributed by atoms with van der Waals surface area (Å²) in [7, 11) is -1.63. The number of hydrogen-bond donors (Lipinski definition) is 2. The highest BCUT2D eigenvalue weighted by Gasteiger charge is 2.39. The fourth-order valence-electron chi connectivity index (χ4n) is 2.82. The van der Waals surface area contributed by atoms with Crippen molar-refractivity contribution in [3.05, 3.63) is 58.7 Å². The Balaban J connectivity index is 0. The highest BCUT2D eigenvalue weighted by molar-refractivity contribution is 7.86. The molecule has 0 bridgehead atoms. The molecule has 2 aromatic carbocycles. The lowest BCUT2D eigenvalue weighted by Gasteiger charge is -2.26. The number of carboxylic acid groups (broad SMARTS) is 2. The number of benzene rings is 2. The topological polar surface area (TPSA) is 213 Å². The molecule has 0 aliphatic heterocycles. The number of rotatable bonds is 4. The van der Waals surface area contributed by atoms with Crippen LogP contribution in [0.1, 0.15) is 31.8 Å². The third-order valence-corrected chi connectivity index (χ3v) is 6.06. The highest BCUT2D eigenvalue weighted by Crippen LogP contribution is 2.38. The minimum Gasteiger partial charge on any atom is -0.741 e. The van der Waals surface area contributed by atoms with Crippen molar-refractivity contribution in [2.24, 2.45) is 0 Å². The second-order valence-corrected chi connectivity index (χ2v) is 13.3. The zero-order valence-corrected chi connectivity index (χ0v) is 26.8. The molecule has 0 radical (unpaired) electrons. The van der Waals surface area contributed by atoms with Crippen LogP contribution in [-0.2, 0) is 26.4 Å². The van der Waals surface area contributed by atoms with Crippen molar-refractivity contribution >= 4 is 43.5 Å². The number of quaternary nitrogens is 2. The summed E-state index contributed by atoms with van der Waals surface area (Å²) < 4.78 is 157. The summed E-state index contributed by atoms with van der Waals surface area (Å²) in [5.74, 6) is -2.39. The monoisotopic (exact) mass is 751 g/mol. The number of aromatic carboxylic acids is 2. The van der Waals surface area contributed by atoms with E-state index in [1.807, 2.05) is 27.2 Å². The van der Waals surface area contributed by atoms with E-state index in [0.29, 0.717) is 16.1 Å². The summed E-state index contributed by atoms with van der Waals surface area (Å²) >= 11 is 0. The second-order valence-electron chi connectivity index (χ2n) is 10.5. The first-order valence-electron chi connectivity index (χ1n) is 11.8. The molecule has 0 fully saturated rings. The van der Waals surface area contributed by atoms with Gasteiger partial charge in [0.15, 0.2) is 20.2 Å². The molecule has 13 nitrogen and oxygen atoms in total. The largest absolute Gasteiger partial charge is 0.741 e. The van der Waals surface area contributed by atoms with Gasteiger partial charge < -0.3 is 19.3 Å². The number of hydrogen-bond acceptors (Lipinski definition) is 9. The zero-order valence-electron chi connectivity index (χ0n) is 25.2. The molecule has 24 heteroatoms. The molecule has 2 N–H and O–H groups in total. The van der Waals surface area contributed by atoms with Crippen LogP contribution >= 0.6 is 0 Å². The first kappa shape index (κ1) is 46.1. The summed E-state index contributed by atoms with van der Waals surface area (Å²) in [5.41, 5.74) is -11.2. The lowest BCUT2D eigenvalue weighted by atomic mass is 10.1. The quantitative estimate of drug-likeness (QED) is 0.196. The molecule has 0 amide bonds. The van der Waals surface area contributed by atoms with Crippen LogP contribution in [0.15, 0.2) is 36.4 Å². The van der Waals surface area contributed by atoms with Crippen molar-refractivity contribution in [2.45, 2.75) is 17.2 Å². The molecule has 0 spiro atoms. The minimum atomic E-state index is -6.09. The molecule has 2 aromatic rings. The van der Waals surface area contributed by atoms with Crippen molar-refractivity contribution in [3.63, 3.8) is 0 Å². The Hall–Kier alpha value is -4.02. The molecule has 0 heterocycles. The van der Waals surface area contributed by atoms with Gasteiger partial charge in [-0.1, -0.05) is 0 Å². The van der Waals surface area contributed by atoms with Crippen LogP contribution in [0.2, 0.25) is 0 Å². The van der Waals surface area contributed by atoms with E-state index in [-0.39, 0.29) is 21.3 Å².